The quantitative estimate of drug-likeness (QED) is 0.743. The summed E-state index contributed by atoms with van der Waals surface area (Å²) in [5.74, 6) is -0.188. The summed E-state index contributed by atoms with van der Waals surface area (Å²) in [5, 5.41) is 9.11. The van der Waals surface area contributed by atoms with Gasteiger partial charge in [0.25, 0.3) is 5.56 Å². The Labute approximate surface area is 116 Å². The molecule has 1 aliphatic rings. The fourth-order valence-corrected chi connectivity index (χ4v) is 2.19. The van der Waals surface area contributed by atoms with E-state index in [4.69, 9.17) is 15.6 Å². The number of hydrogen-bond donors (Lipinski definition) is 2. The smallest absolute Gasteiger partial charge is 0.251 e. The third-order valence-electron chi connectivity index (χ3n) is 3.34. The van der Waals surface area contributed by atoms with Crippen molar-refractivity contribution in [2.45, 2.75) is 25.6 Å². The fraction of sp³-hybridized carbons (Fsp3) is 0.538. The summed E-state index contributed by atoms with van der Waals surface area (Å²) in [6, 6.07) is 2.76. The van der Waals surface area contributed by atoms with Crippen LogP contribution in [0.15, 0.2) is 23.1 Å². The van der Waals surface area contributed by atoms with Gasteiger partial charge in [-0.05, 0) is 13.0 Å². The lowest BCUT2D eigenvalue weighted by Gasteiger charge is -2.37. The zero-order valence-corrected chi connectivity index (χ0v) is 11.4. The SMILES string of the molecule is CC1COC(CO)CN1C(=O)Cn1cc(N)ccc1=O. The zero-order valence-electron chi connectivity index (χ0n) is 11.4. The van der Waals surface area contributed by atoms with E-state index in [0.29, 0.717) is 18.8 Å². The molecule has 2 rings (SSSR count). The third kappa shape index (κ3) is 3.17. The molecule has 1 aromatic heterocycles. The maximum atomic E-state index is 12.3. The summed E-state index contributed by atoms with van der Waals surface area (Å²) in [5.41, 5.74) is 5.77. The van der Waals surface area contributed by atoms with Gasteiger partial charge in [-0.15, -0.1) is 0 Å². The van der Waals surface area contributed by atoms with Crippen LogP contribution >= 0.6 is 0 Å². The molecule has 2 atom stereocenters. The molecule has 7 nitrogen and oxygen atoms in total. The van der Waals surface area contributed by atoms with E-state index in [-0.39, 0.29) is 36.8 Å². The lowest BCUT2D eigenvalue weighted by Crippen LogP contribution is -2.53. The van der Waals surface area contributed by atoms with Gasteiger partial charge in [-0.1, -0.05) is 0 Å². The van der Waals surface area contributed by atoms with Crippen LogP contribution in [0.25, 0.3) is 0 Å². The number of nitrogens with zero attached hydrogens (tertiary/aromatic N) is 2. The van der Waals surface area contributed by atoms with Crippen LogP contribution < -0.4 is 11.3 Å². The summed E-state index contributed by atoms with van der Waals surface area (Å²) in [7, 11) is 0. The number of rotatable bonds is 3. The zero-order chi connectivity index (χ0) is 14.7. The highest BCUT2D eigenvalue weighted by atomic mass is 16.5. The van der Waals surface area contributed by atoms with Crippen LogP contribution in [0.1, 0.15) is 6.92 Å². The van der Waals surface area contributed by atoms with Gasteiger partial charge in [-0.25, -0.2) is 0 Å². The molecular weight excluding hydrogens is 262 g/mol. The molecule has 1 aromatic rings. The van der Waals surface area contributed by atoms with Crippen molar-refractivity contribution in [2.75, 3.05) is 25.5 Å². The molecule has 7 heteroatoms. The second kappa shape index (κ2) is 6.06. The van der Waals surface area contributed by atoms with Gasteiger partial charge >= 0.3 is 0 Å². The molecule has 0 radical (unpaired) electrons. The van der Waals surface area contributed by atoms with E-state index < -0.39 is 0 Å². The topological polar surface area (TPSA) is 97.8 Å². The predicted octanol–water partition coefficient (Wildman–Crippen LogP) is -0.961. The molecule has 1 fully saturated rings. The molecule has 0 spiro atoms. The van der Waals surface area contributed by atoms with Crippen LogP contribution in [-0.2, 0) is 16.1 Å². The van der Waals surface area contributed by atoms with Gasteiger partial charge < -0.3 is 25.0 Å². The number of carbonyl (C=O) groups excluding carboxylic acids is 1. The Morgan fingerprint density at radius 3 is 3.00 bits per heavy atom. The van der Waals surface area contributed by atoms with Crippen molar-refractivity contribution in [3.05, 3.63) is 28.7 Å². The number of aliphatic hydroxyl groups is 1. The van der Waals surface area contributed by atoms with Gasteiger partial charge in [0.2, 0.25) is 5.91 Å². The van der Waals surface area contributed by atoms with E-state index in [2.05, 4.69) is 0 Å². The molecule has 0 aliphatic carbocycles. The van der Waals surface area contributed by atoms with Crippen molar-refractivity contribution in [3.63, 3.8) is 0 Å². The Morgan fingerprint density at radius 2 is 2.30 bits per heavy atom. The highest BCUT2D eigenvalue weighted by Gasteiger charge is 2.29. The summed E-state index contributed by atoms with van der Waals surface area (Å²) in [6.07, 6.45) is 1.09. The first-order valence-electron chi connectivity index (χ1n) is 6.49. The summed E-state index contributed by atoms with van der Waals surface area (Å²) in [4.78, 5) is 25.6. The molecule has 1 amide bonds. The van der Waals surface area contributed by atoms with Gasteiger partial charge in [-0.2, -0.15) is 0 Å². The highest BCUT2D eigenvalue weighted by Crippen LogP contribution is 2.12. The Morgan fingerprint density at radius 1 is 1.55 bits per heavy atom. The molecule has 0 bridgehead atoms. The number of aliphatic hydroxyl groups excluding tert-OH is 1. The minimum absolute atomic E-state index is 0.0631. The molecule has 1 saturated heterocycles. The maximum Gasteiger partial charge on any atom is 0.251 e. The van der Waals surface area contributed by atoms with Crippen LogP contribution in [0.5, 0.6) is 0 Å². The molecule has 2 unspecified atom stereocenters. The van der Waals surface area contributed by atoms with Gasteiger partial charge in [-0.3, -0.25) is 9.59 Å². The molecular formula is C13H19N3O4. The summed E-state index contributed by atoms with van der Waals surface area (Å²) in [6.45, 7) is 2.38. The van der Waals surface area contributed by atoms with Crippen LogP contribution in [-0.4, -0.2) is 52.4 Å². The van der Waals surface area contributed by atoms with Crippen molar-refractivity contribution in [1.29, 1.82) is 0 Å². The standard InChI is InChI=1S/C13H19N3O4/c1-9-8-20-11(7-17)5-16(9)13(19)6-15-4-10(14)2-3-12(15)18/h2-4,9,11,17H,5-8,14H2,1H3. The number of pyridine rings is 1. The maximum absolute atomic E-state index is 12.3. The Bertz CT molecular complexity index is 543. The number of carbonyl (C=O) groups is 1. The summed E-state index contributed by atoms with van der Waals surface area (Å²) >= 11 is 0. The number of hydrogen-bond acceptors (Lipinski definition) is 5. The largest absolute Gasteiger partial charge is 0.398 e. The number of nitrogen functional groups attached to an aromatic ring is 1. The molecule has 20 heavy (non-hydrogen) atoms. The first-order chi connectivity index (χ1) is 9.51. The van der Waals surface area contributed by atoms with Gasteiger partial charge in [0.05, 0.1) is 25.4 Å². The molecule has 0 aromatic carbocycles. The first kappa shape index (κ1) is 14.5. The average molecular weight is 281 g/mol. The molecule has 0 saturated carbocycles. The second-order valence-corrected chi connectivity index (χ2v) is 4.96. The van der Waals surface area contributed by atoms with Crippen molar-refractivity contribution < 1.29 is 14.6 Å². The second-order valence-electron chi connectivity index (χ2n) is 4.96. The van der Waals surface area contributed by atoms with E-state index >= 15 is 0 Å². The van der Waals surface area contributed by atoms with Crippen molar-refractivity contribution >= 4 is 11.6 Å². The Kier molecular flexibility index (Phi) is 4.41. The van der Waals surface area contributed by atoms with Crippen LogP contribution in [0.2, 0.25) is 0 Å². The minimum atomic E-state index is -0.368. The average Bonchev–Trinajstić information content (AvgIpc) is 2.43. The number of anilines is 1. The normalized spacial score (nSPS) is 22.8. The number of amides is 1. The lowest BCUT2D eigenvalue weighted by molar-refractivity contribution is -0.146. The Hall–Kier alpha value is -1.86. The van der Waals surface area contributed by atoms with E-state index in [1.165, 1.54) is 22.9 Å². The van der Waals surface area contributed by atoms with Crippen molar-refractivity contribution in [1.82, 2.24) is 9.47 Å². The molecule has 110 valence electrons. The highest BCUT2D eigenvalue weighted by molar-refractivity contribution is 5.76. The number of nitrogens with two attached hydrogens (primary N) is 1. The monoisotopic (exact) mass is 281 g/mol. The van der Waals surface area contributed by atoms with E-state index in [0.717, 1.165) is 0 Å². The number of aromatic nitrogens is 1. The van der Waals surface area contributed by atoms with Gasteiger partial charge in [0, 0.05) is 24.5 Å². The van der Waals surface area contributed by atoms with E-state index in [1.54, 1.807) is 4.90 Å². The Balaban J connectivity index is 2.10. The third-order valence-corrected chi connectivity index (χ3v) is 3.34. The first-order valence-corrected chi connectivity index (χ1v) is 6.49. The molecule has 1 aliphatic heterocycles. The van der Waals surface area contributed by atoms with E-state index in [9.17, 15) is 9.59 Å². The van der Waals surface area contributed by atoms with Crippen LogP contribution in [0, 0.1) is 0 Å². The number of morpholine rings is 1. The van der Waals surface area contributed by atoms with Crippen molar-refractivity contribution in [2.24, 2.45) is 0 Å². The molecule has 3 N–H and O–H groups in total. The van der Waals surface area contributed by atoms with Crippen LogP contribution in [0.4, 0.5) is 5.69 Å². The lowest BCUT2D eigenvalue weighted by atomic mass is 10.2. The predicted molar refractivity (Wildman–Crippen MR) is 73.1 cm³/mol. The van der Waals surface area contributed by atoms with Gasteiger partial charge in [0.15, 0.2) is 0 Å². The fourth-order valence-electron chi connectivity index (χ4n) is 2.19. The van der Waals surface area contributed by atoms with Crippen LogP contribution in [0.3, 0.4) is 0 Å². The van der Waals surface area contributed by atoms with E-state index in [1.807, 2.05) is 6.92 Å². The number of ether oxygens (including phenoxy) is 1. The van der Waals surface area contributed by atoms with Gasteiger partial charge in [0.1, 0.15) is 6.54 Å². The minimum Gasteiger partial charge on any atom is -0.398 e. The van der Waals surface area contributed by atoms with Crippen molar-refractivity contribution in [3.8, 4) is 0 Å². The summed E-state index contributed by atoms with van der Waals surface area (Å²) < 4.78 is 6.67. The molecule has 2 heterocycles.